The number of ether oxygens (including phenoxy) is 12. The van der Waals surface area contributed by atoms with Crippen LogP contribution in [0.5, 0.6) is 40.2 Å². The van der Waals surface area contributed by atoms with E-state index in [4.69, 9.17) is 52.1 Å². The Balaban J connectivity index is 1.07. The van der Waals surface area contributed by atoms with Crippen molar-refractivity contribution >= 4 is 47.8 Å². The van der Waals surface area contributed by atoms with Crippen LogP contribution in [0, 0.1) is 0 Å². The third-order valence-electron chi connectivity index (χ3n) is 15.5. The Kier molecular flexibility index (Phi) is 22.5. The lowest BCUT2D eigenvalue weighted by molar-refractivity contribution is -0.363. The highest BCUT2D eigenvalue weighted by Crippen LogP contribution is 2.45. The van der Waals surface area contributed by atoms with E-state index in [1.54, 1.807) is 0 Å². The summed E-state index contributed by atoms with van der Waals surface area (Å²) in [6.07, 6.45) is -38.6. The number of benzene rings is 3. The number of aliphatic hydroxyl groups is 14. The minimum absolute atomic E-state index is 0.121. The van der Waals surface area contributed by atoms with Crippen molar-refractivity contribution in [2.24, 2.45) is 0 Å². The number of carboxylic acid groups (broad SMARTS) is 2. The van der Waals surface area contributed by atoms with Crippen molar-refractivity contribution in [3.05, 3.63) is 118 Å². The molecule has 5 aliphatic heterocycles. The molecule has 5 heterocycles. The van der Waals surface area contributed by atoms with Crippen molar-refractivity contribution in [1.82, 2.24) is 0 Å². The van der Waals surface area contributed by atoms with Gasteiger partial charge in [0.2, 0.25) is 36.5 Å². The van der Waals surface area contributed by atoms with Crippen LogP contribution in [0.15, 0.2) is 102 Å². The van der Waals surface area contributed by atoms with Crippen molar-refractivity contribution < 1.29 is 183 Å². The summed E-state index contributed by atoms with van der Waals surface area (Å²) < 4.78 is 66.9. The molecule has 4 fully saturated rings. The summed E-state index contributed by atoms with van der Waals surface area (Å²) in [5.41, 5.74) is -0.377. The molecule has 3 aromatic carbocycles. The van der Waals surface area contributed by atoms with E-state index in [1.807, 2.05) is 0 Å². The Morgan fingerprint density at radius 1 is 0.526 bits per heavy atom. The Morgan fingerprint density at radius 3 is 1.69 bits per heavy atom. The lowest BCUT2D eigenvalue weighted by Crippen LogP contribution is -2.65. The van der Waals surface area contributed by atoms with Crippen LogP contribution in [0.2, 0.25) is 0 Å². The molecule has 0 radical (unpaired) electrons. The number of allylic oxidation sites excluding steroid dienone is 2. The van der Waals surface area contributed by atoms with Gasteiger partial charge in [-0.1, -0.05) is 12.1 Å². The second-order valence-corrected chi connectivity index (χ2v) is 22.2. The molecule has 0 bridgehead atoms. The molecule has 0 amide bonds. The molecule has 526 valence electrons. The van der Waals surface area contributed by atoms with Crippen LogP contribution in [0.3, 0.4) is 0 Å². The first-order valence-corrected chi connectivity index (χ1v) is 28.8. The fraction of sp³-hybridized carbons (Fsp3) is 0.417. The number of carbonyl (C=O) groups excluding carboxylic acids is 3. The second kappa shape index (κ2) is 30.4. The number of rotatable bonds is 22. The van der Waals surface area contributed by atoms with Gasteiger partial charge in [0, 0.05) is 36.4 Å². The number of fused-ring (bicyclic) bond motifs is 1. The fourth-order valence-electron chi connectivity index (χ4n) is 10.3. The zero-order valence-electron chi connectivity index (χ0n) is 49.5. The highest BCUT2D eigenvalue weighted by Gasteiger charge is 2.55. The molecule has 0 saturated carbocycles. The van der Waals surface area contributed by atoms with E-state index in [0.29, 0.717) is 0 Å². The first-order valence-electron chi connectivity index (χ1n) is 28.8. The van der Waals surface area contributed by atoms with Gasteiger partial charge in [0.15, 0.2) is 59.1 Å². The fourth-order valence-corrected chi connectivity index (χ4v) is 10.3. The maximum Gasteiger partial charge on any atom is 0.335 e. The molecule has 97 heavy (non-hydrogen) atoms. The third-order valence-corrected chi connectivity index (χ3v) is 15.5. The smallest absolute Gasteiger partial charge is 0.335 e. The van der Waals surface area contributed by atoms with E-state index in [-0.39, 0.29) is 16.7 Å². The van der Waals surface area contributed by atoms with Crippen molar-refractivity contribution in [3.8, 4) is 40.2 Å². The number of hydrogen-bond acceptors (Lipinski definition) is 34. The predicted molar refractivity (Wildman–Crippen MR) is 308 cm³/mol. The number of carboxylic acids is 2. The van der Waals surface area contributed by atoms with Crippen LogP contribution >= 0.6 is 0 Å². The van der Waals surface area contributed by atoms with Crippen LogP contribution in [0.1, 0.15) is 23.1 Å². The highest BCUT2D eigenvalue weighted by atomic mass is 16.8. The Hall–Kier alpha value is -9.39. The Labute approximate surface area is 543 Å². The van der Waals surface area contributed by atoms with E-state index in [9.17, 15) is 126 Å². The molecule has 4 saturated heterocycles. The number of hydrogen-bond donors (Lipinski definition) is 20. The number of phenolic OH excluding ortho intramolecular Hbond substituents is 6. The minimum Gasteiger partial charge on any atom is -0.571 e. The van der Waals surface area contributed by atoms with Crippen LogP contribution in [-0.2, 0) is 71.3 Å². The Bertz CT molecular complexity index is 3620. The van der Waals surface area contributed by atoms with Gasteiger partial charge in [0.05, 0.1) is 23.8 Å². The van der Waals surface area contributed by atoms with Crippen LogP contribution < -0.4 is 4.74 Å². The molecule has 21 N–H and O–H groups in total. The third kappa shape index (κ3) is 16.4. The molecular formula is C60H65O37+. The summed E-state index contributed by atoms with van der Waals surface area (Å²) >= 11 is 0. The van der Waals surface area contributed by atoms with Gasteiger partial charge in [0.25, 0.3) is 0 Å². The zero-order chi connectivity index (χ0) is 70.6. The average Bonchev–Trinajstić information content (AvgIpc) is 0.764. The molecule has 0 spiro atoms. The lowest BCUT2D eigenvalue weighted by Gasteiger charge is -2.46. The molecular weight excluding hydrogens is 1310 g/mol. The Morgan fingerprint density at radius 2 is 1.08 bits per heavy atom. The molecule has 0 aromatic heterocycles. The van der Waals surface area contributed by atoms with E-state index in [0.717, 1.165) is 72.9 Å². The monoisotopic (exact) mass is 1380 g/mol. The van der Waals surface area contributed by atoms with Crippen LogP contribution in [-0.4, -0.2) is 285 Å². The largest absolute Gasteiger partial charge is 0.571 e. The molecule has 37 heteroatoms. The minimum atomic E-state index is -2.40. The predicted octanol–water partition coefficient (Wildman–Crippen LogP) is -4.95. The van der Waals surface area contributed by atoms with Gasteiger partial charge in [0.1, 0.15) is 111 Å². The normalized spacial score (nSPS) is 32.7. The van der Waals surface area contributed by atoms with E-state index >= 15 is 0 Å². The zero-order valence-corrected chi connectivity index (χ0v) is 49.5. The van der Waals surface area contributed by atoms with Gasteiger partial charge in [-0.3, -0.25) is 9.59 Å². The van der Waals surface area contributed by atoms with Gasteiger partial charge < -0.3 is 159 Å². The topological polar surface area (TPSA) is 604 Å². The van der Waals surface area contributed by atoms with Gasteiger partial charge in [-0.05, 0) is 47.5 Å². The van der Waals surface area contributed by atoms with Gasteiger partial charge in [-0.15, -0.1) is 0 Å². The van der Waals surface area contributed by atoms with Crippen molar-refractivity contribution in [3.63, 3.8) is 0 Å². The van der Waals surface area contributed by atoms with Gasteiger partial charge >= 0.3 is 35.6 Å². The number of esters is 3. The quantitative estimate of drug-likeness (QED) is 0.0112. The SMILES string of the molecule is O=C(O)CC(=O)OCC1OC(OC2=C(c3cc(O)c(O)c(OC4OC(C(=O)O)C(O)C(O)C4O)c3)[OH+]C3C=C(OC4OC(COC(=O)C=Cc5ccc(O)c(O)c5)C(O)C(O)C4O)C=C(O)C3=C2)C(OC2OC(CO)C(O)C(O)C2OC(=O)C=Cc2ccc(O)c(O)c2)C(O)C1O. The van der Waals surface area contributed by atoms with Crippen molar-refractivity contribution in [2.45, 2.75) is 135 Å². The molecule has 1 aliphatic carbocycles. The molecule has 9 rings (SSSR count). The van der Waals surface area contributed by atoms with E-state index in [1.165, 1.54) is 18.2 Å². The molecule has 3 aromatic rings. The number of carbonyl (C=O) groups is 5. The van der Waals surface area contributed by atoms with Gasteiger partial charge in [-0.25, -0.2) is 14.4 Å². The number of phenols is 6. The number of aromatic hydroxyl groups is 6. The standard InChI is InChI=1S/C60H64O37/c61-17-34-42(74)47(79)54(95-39(71)8-4-21-2-6-26(63)29(66)10-21)60(92-34)97-55-48(80)44(76)36(19-87-40(72)16-37(68)69)94-59(55)91-33-15-24-27(64)13-23(88-57-50(82)45(77)43(75)35(93-57)18-86-38(70)7-3-20-1-5-25(62)28(65)9-20)14-31(24)89-52(33)22-11-30(67)41(73)32(12-22)90-58-51(83)46(78)49(81)53(96-58)56(84)85/h1-15,31,34-36,42-51,53-55,57-67,73-83H,16-19H2,(H,68,69)(H,84,85)/p+1. The van der Waals surface area contributed by atoms with E-state index < -0.39 is 254 Å². The van der Waals surface area contributed by atoms with E-state index in [2.05, 4.69) is 4.74 Å². The molecule has 37 nitrogen and oxygen atoms in total. The average molecular weight is 1380 g/mol. The van der Waals surface area contributed by atoms with Gasteiger partial charge in [-0.2, -0.15) is 0 Å². The summed E-state index contributed by atoms with van der Waals surface area (Å²) in [5, 5.41) is 213. The lowest BCUT2D eigenvalue weighted by atomic mass is 9.96. The summed E-state index contributed by atoms with van der Waals surface area (Å²) in [4.78, 5) is 62.0. The highest BCUT2D eigenvalue weighted by molar-refractivity contribution is 5.90. The first-order chi connectivity index (χ1) is 45.9. The van der Waals surface area contributed by atoms with Crippen molar-refractivity contribution in [2.75, 3.05) is 19.8 Å². The maximum atomic E-state index is 13.4. The first kappa shape index (κ1) is 71.9. The molecule has 21 unspecified atom stereocenters. The molecule has 6 aliphatic rings. The number of aliphatic carboxylic acids is 2. The maximum absolute atomic E-state index is 13.4. The van der Waals surface area contributed by atoms with Crippen LogP contribution in [0.25, 0.3) is 17.9 Å². The van der Waals surface area contributed by atoms with Crippen molar-refractivity contribution in [1.29, 1.82) is 0 Å². The summed E-state index contributed by atoms with van der Waals surface area (Å²) in [7, 11) is 0. The van der Waals surface area contributed by atoms with Crippen LogP contribution in [0.4, 0.5) is 0 Å². The number of aliphatic hydroxyl groups excluding tert-OH is 12. The summed E-state index contributed by atoms with van der Waals surface area (Å²) in [5.74, 6) is -15.0. The molecule has 21 atom stereocenters. The summed E-state index contributed by atoms with van der Waals surface area (Å²) in [6, 6.07) is 8.61. The summed E-state index contributed by atoms with van der Waals surface area (Å²) in [6.45, 7) is -2.93. The second-order valence-electron chi connectivity index (χ2n) is 22.2.